The van der Waals surface area contributed by atoms with Crippen LogP contribution in [0.4, 0.5) is 4.79 Å². The molecule has 5 fully saturated rings. The smallest absolute Gasteiger partial charge is 0.318 e. The lowest BCUT2D eigenvalue weighted by molar-refractivity contribution is -0.130. The van der Waals surface area contributed by atoms with Crippen molar-refractivity contribution >= 4 is 11.9 Å². The molecule has 32 heavy (non-hydrogen) atoms. The van der Waals surface area contributed by atoms with E-state index in [1.807, 2.05) is 17.0 Å². The van der Waals surface area contributed by atoms with Crippen molar-refractivity contribution in [1.82, 2.24) is 15.1 Å². The molecule has 4 bridgehead atoms. The van der Waals surface area contributed by atoms with E-state index in [2.05, 4.69) is 22.3 Å². The topological polar surface area (TPSA) is 61.9 Å². The standard InChI is InChI=1S/C26H37N3O3/c1-18(30)28-9-7-23(8-10-28)29(17-19-3-5-24(32-2)6-4-19)25(31)27-26-14-20-11-21(15-26)13-22(12-20)16-26/h3-6,20-23H,7-17H2,1-2H3,(H,27,31). The largest absolute Gasteiger partial charge is 0.497 e. The van der Waals surface area contributed by atoms with Gasteiger partial charge in [0.1, 0.15) is 5.75 Å². The van der Waals surface area contributed by atoms with Gasteiger partial charge in [-0.25, -0.2) is 4.79 Å². The third kappa shape index (κ3) is 4.33. The van der Waals surface area contributed by atoms with Crippen LogP contribution in [0.3, 0.4) is 0 Å². The van der Waals surface area contributed by atoms with E-state index < -0.39 is 0 Å². The van der Waals surface area contributed by atoms with Gasteiger partial charge in [0.25, 0.3) is 0 Å². The molecule has 174 valence electrons. The summed E-state index contributed by atoms with van der Waals surface area (Å²) in [5.41, 5.74) is 1.12. The highest BCUT2D eigenvalue weighted by atomic mass is 16.5. The first-order valence-corrected chi connectivity index (χ1v) is 12.4. The van der Waals surface area contributed by atoms with Gasteiger partial charge in [0.15, 0.2) is 0 Å². The average molecular weight is 440 g/mol. The van der Waals surface area contributed by atoms with Crippen molar-refractivity contribution in [1.29, 1.82) is 0 Å². The van der Waals surface area contributed by atoms with Gasteiger partial charge in [-0.3, -0.25) is 4.79 Å². The summed E-state index contributed by atoms with van der Waals surface area (Å²) < 4.78 is 5.30. The highest BCUT2D eigenvalue weighted by molar-refractivity contribution is 5.76. The van der Waals surface area contributed by atoms with Crippen LogP contribution >= 0.6 is 0 Å². The zero-order chi connectivity index (χ0) is 22.3. The summed E-state index contributed by atoms with van der Waals surface area (Å²) in [4.78, 5) is 29.5. The summed E-state index contributed by atoms with van der Waals surface area (Å²) in [5.74, 6) is 3.36. The Morgan fingerprint density at radius 3 is 2.09 bits per heavy atom. The van der Waals surface area contributed by atoms with Crippen molar-refractivity contribution in [3.8, 4) is 5.75 Å². The van der Waals surface area contributed by atoms with Crippen LogP contribution in [-0.2, 0) is 11.3 Å². The Morgan fingerprint density at radius 1 is 1.03 bits per heavy atom. The summed E-state index contributed by atoms with van der Waals surface area (Å²) in [5, 5.41) is 3.58. The monoisotopic (exact) mass is 439 g/mol. The minimum atomic E-state index is 0.00405. The predicted octanol–water partition coefficient (Wildman–Crippen LogP) is 4.19. The van der Waals surface area contributed by atoms with Crippen LogP contribution in [0.25, 0.3) is 0 Å². The number of nitrogens with one attached hydrogen (secondary N) is 1. The molecule has 0 unspecified atom stereocenters. The lowest BCUT2D eigenvalue weighted by Gasteiger charge is -2.57. The first-order chi connectivity index (χ1) is 15.4. The molecular formula is C26H37N3O3. The second kappa shape index (κ2) is 8.60. The molecule has 4 saturated carbocycles. The molecule has 1 aromatic rings. The van der Waals surface area contributed by atoms with Crippen LogP contribution in [0, 0.1) is 17.8 Å². The van der Waals surface area contributed by atoms with Crippen LogP contribution in [0.15, 0.2) is 24.3 Å². The molecule has 1 heterocycles. The summed E-state index contributed by atoms with van der Waals surface area (Å²) in [6.07, 6.45) is 9.25. The lowest BCUT2D eigenvalue weighted by atomic mass is 9.53. The number of amides is 3. The molecule has 4 aliphatic carbocycles. The van der Waals surface area contributed by atoms with Gasteiger partial charge in [-0.15, -0.1) is 0 Å². The van der Waals surface area contributed by atoms with Crippen molar-refractivity contribution in [2.75, 3.05) is 20.2 Å². The molecule has 1 aliphatic heterocycles. The van der Waals surface area contributed by atoms with Crippen LogP contribution in [0.1, 0.15) is 63.9 Å². The molecule has 3 amide bonds. The van der Waals surface area contributed by atoms with E-state index in [-0.39, 0.29) is 23.5 Å². The maximum atomic E-state index is 13.8. The number of methoxy groups -OCH3 is 1. The first kappa shape index (κ1) is 21.6. The number of likely N-dealkylation sites (tertiary alicyclic amines) is 1. The minimum absolute atomic E-state index is 0.00405. The van der Waals surface area contributed by atoms with Crippen LogP contribution in [-0.4, -0.2) is 53.5 Å². The summed E-state index contributed by atoms with van der Waals surface area (Å²) >= 11 is 0. The predicted molar refractivity (Wildman–Crippen MR) is 123 cm³/mol. The second-order valence-corrected chi connectivity index (χ2v) is 10.8. The van der Waals surface area contributed by atoms with E-state index >= 15 is 0 Å². The molecule has 1 N–H and O–H groups in total. The molecule has 0 atom stereocenters. The number of hydrogen-bond acceptors (Lipinski definition) is 3. The van der Waals surface area contributed by atoms with E-state index in [0.717, 1.165) is 74.3 Å². The molecule has 0 spiro atoms. The number of carbonyl (C=O) groups is 2. The molecule has 1 aromatic carbocycles. The molecule has 5 aliphatic rings. The number of urea groups is 1. The highest BCUT2D eigenvalue weighted by Crippen LogP contribution is 2.55. The first-order valence-electron chi connectivity index (χ1n) is 12.4. The quantitative estimate of drug-likeness (QED) is 0.748. The Balaban J connectivity index is 1.32. The molecule has 0 aromatic heterocycles. The van der Waals surface area contributed by atoms with Gasteiger partial charge in [-0.1, -0.05) is 12.1 Å². The van der Waals surface area contributed by atoms with Crippen molar-refractivity contribution in [3.63, 3.8) is 0 Å². The normalized spacial score (nSPS) is 31.4. The van der Waals surface area contributed by atoms with Gasteiger partial charge < -0.3 is 19.9 Å². The third-order valence-corrected chi connectivity index (χ3v) is 8.53. The number of ether oxygens (including phenoxy) is 1. The molecule has 0 radical (unpaired) electrons. The fourth-order valence-electron chi connectivity index (χ4n) is 7.35. The molecular weight excluding hydrogens is 402 g/mol. The Hall–Kier alpha value is -2.24. The number of benzene rings is 1. The Bertz CT molecular complexity index is 809. The maximum absolute atomic E-state index is 13.8. The SMILES string of the molecule is COc1ccc(CN(C(=O)NC23CC4CC(CC(C4)C2)C3)C2CCN(C(C)=O)CC2)cc1. The summed E-state index contributed by atoms with van der Waals surface area (Å²) in [6.45, 7) is 3.68. The van der Waals surface area contributed by atoms with E-state index in [1.165, 1.54) is 19.3 Å². The van der Waals surface area contributed by atoms with Crippen LogP contribution in [0.2, 0.25) is 0 Å². The lowest BCUT2D eigenvalue weighted by Crippen LogP contribution is -2.63. The number of hydrogen-bond donors (Lipinski definition) is 1. The summed E-state index contributed by atoms with van der Waals surface area (Å²) in [6, 6.07) is 8.26. The van der Waals surface area contributed by atoms with Crippen molar-refractivity contribution in [3.05, 3.63) is 29.8 Å². The Kier molecular flexibility index (Phi) is 5.81. The number of rotatable bonds is 5. The fraction of sp³-hybridized carbons (Fsp3) is 0.692. The Labute approximate surface area is 191 Å². The minimum Gasteiger partial charge on any atom is -0.497 e. The number of nitrogens with zero attached hydrogens (tertiary/aromatic N) is 2. The highest BCUT2D eigenvalue weighted by Gasteiger charge is 2.52. The van der Waals surface area contributed by atoms with Gasteiger partial charge in [0.05, 0.1) is 7.11 Å². The van der Waals surface area contributed by atoms with E-state index in [9.17, 15) is 9.59 Å². The van der Waals surface area contributed by atoms with Crippen molar-refractivity contribution in [2.45, 2.75) is 76.4 Å². The molecule has 6 nitrogen and oxygen atoms in total. The van der Waals surface area contributed by atoms with Crippen molar-refractivity contribution in [2.24, 2.45) is 17.8 Å². The fourth-order valence-corrected chi connectivity index (χ4v) is 7.35. The van der Waals surface area contributed by atoms with E-state index in [4.69, 9.17) is 4.74 Å². The molecule has 6 heteroatoms. The van der Waals surface area contributed by atoms with Gasteiger partial charge in [0, 0.05) is 38.1 Å². The second-order valence-electron chi connectivity index (χ2n) is 10.8. The Morgan fingerprint density at radius 2 is 1.59 bits per heavy atom. The molecule has 6 rings (SSSR count). The van der Waals surface area contributed by atoms with Crippen LogP contribution < -0.4 is 10.1 Å². The van der Waals surface area contributed by atoms with Gasteiger partial charge in [-0.05, 0) is 86.8 Å². The third-order valence-electron chi connectivity index (χ3n) is 8.53. The van der Waals surface area contributed by atoms with Crippen molar-refractivity contribution < 1.29 is 14.3 Å². The average Bonchev–Trinajstić information content (AvgIpc) is 2.76. The number of carbonyl (C=O) groups excluding carboxylic acids is 2. The zero-order valence-electron chi connectivity index (χ0n) is 19.5. The van der Waals surface area contributed by atoms with Gasteiger partial charge >= 0.3 is 6.03 Å². The maximum Gasteiger partial charge on any atom is 0.318 e. The molecule has 1 saturated heterocycles. The van der Waals surface area contributed by atoms with Gasteiger partial charge in [0.2, 0.25) is 5.91 Å². The number of piperidine rings is 1. The van der Waals surface area contributed by atoms with Crippen LogP contribution in [0.5, 0.6) is 5.75 Å². The summed E-state index contributed by atoms with van der Waals surface area (Å²) in [7, 11) is 1.67. The van der Waals surface area contributed by atoms with E-state index in [1.54, 1.807) is 14.0 Å². The zero-order valence-corrected chi connectivity index (χ0v) is 19.5. The van der Waals surface area contributed by atoms with E-state index in [0.29, 0.717) is 6.54 Å². The van der Waals surface area contributed by atoms with Gasteiger partial charge in [-0.2, -0.15) is 0 Å².